The fourth-order valence-electron chi connectivity index (χ4n) is 2.91. The monoisotopic (exact) mass is 324 g/mol. The summed E-state index contributed by atoms with van der Waals surface area (Å²) in [6, 6.07) is 3.91. The third kappa shape index (κ3) is 7.61. The summed E-state index contributed by atoms with van der Waals surface area (Å²) in [5.74, 6) is 6.06. The van der Waals surface area contributed by atoms with E-state index in [4.69, 9.17) is 17.6 Å². The van der Waals surface area contributed by atoms with Gasteiger partial charge in [-0.3, -0.25) is 0 Å². The van der Waals surface area contributed by atoms with E-state index in [0.717, 1.165) is 23.1 Å². The summed E-state index contributed by atoms with van der Waals surface area (Å²) in [5, 5.41) is 0. The molecule has 0 aliphatic rings. The van der Waals surface area contributed by atoms with Gasteiger partial charge in [-0.1, -0.05) is 76.6 Å². The lowest BCUT2D eigenvalue weighted by molar-refractivity contribution is 0.302. The number of aryl methyl sites for hydroxylation is 1. The summed E-state index contributed by atoms with van der Waals surface area (Å²) in [6.45, 7) is 4.94. The van der Waals surface area contributed by atoms with Crippen LogP contribution in [-0.4, -0.2) is 6.61 Å². The lowest BCUT2D eigenvalue weighted by atomic mass is 10.1. The number of hydrogen-bond acceptors (Lipinski definition) is 1. The Balaban J connectivity index is 2.20. The molecular weight excluding hydrogens is 292 g/mol. The standard InChI is InChI=1S/C23H32O/c1-5-8-9-10-11-12-13-14-15-16-17-24-23-21(6-2)18-20(4)19-22(23)7-3/h2-3,18-19H,5,8-17H2,1,4H3. The Morgan fingerprint density at radius 2 is 1.25 bits per heavy atom. The van der Waals surface area contributed by atoms with E-state index < -0.39 is 0 Å². The Morgan fingerprint density at radius 3 is 1.71 bits per heavy atom. The maximum absolute atomic E-state index is 5.89. The zero-order chi connectivity index (χ0) is 17.6. The van der Waals surface area contributed by atoms with Crippen molar-refractivity contribution in [3.8, 4) is 30.4 Å². The molecule has 0 unspecified atom stereocenters. The van der Waals surface area contributed by atoms with Gasteiger partial charge in [-0.25, -0.2) is 0 Å². The second kappa shape index (κ2) is 12.5. The first kappa shape index (κ1) is 20.2. The molecule has 0 aliphatic heterocycles. The number of hydrogen-bond donors (Lipinski definition) is 0. The van der Waals surface area contributed by atoms with Crippen LogP contribution in [0.1, 0.15) is 87.8 Å². The predicted molar refractivity (Wildman–Crippen MR) is 104 cm³/mol. The zero-order valence-electron chi connectivity index (χ0n) is 15.5. The van der Waals surface area contributed by atoms with Gasteiger partial charge in [-0.15, -0.1) is 12.8 Å². The fourth-order valence-corrected chi connectivity index (χ4v) is 2.91. The van der Waals surface area contributed by atoms with Crippen LogP contribution in [0.25, 0.3) is 0 Å². The minimum atomic E-state index is 0.683. The topological polar surface area (TPSA) is 9.23 Å². The van der Waals surface area contributed by atoms with Crippen molar-refractivity contribution in [1.29, 1.82) is 0 Å². The first-order chi connectivity index (χ1) is 11.7. The molecule has 0 radical (unpaired) electrons. The number of ether oxygens (including phenoxy) is 1. The molecule has 0 heterocycles. The maximum Gasteiger partial charge on any atom is 0.150 e. The number of rotatable bonds is 12. The molecule has 0 saturated heterocycles. The van der Waals surface area contributed by atoms with Crippen molar-refractivity contribution in [3.05, 3.63) is 28.8 Å². The van der Waals surface area contributed by atoms with E-state index in [-0.39, 0.29) is 0 Å². The van der Waals surface area contributed by atoms with Crippen molar-refractivity contribution in [2.45, 2.75) is 78.1 Å². The first-order valence-corrected chi connectivity index (χ1v) is 9.43. The number of benzene rings is 1. The minimum Gasteiger partial charge on any atom is -0.491 e. The summed E-state index contributed by atoms with van der Waals surface area (Å²) >= 11 is 0. The quantitative estimate of drug-likeness (QED) is 0.326. The van der Waals surface area contributed by atoms with Gasteiger partial charge < -0.3 is 4.74 Å². The zero-order valence-corrected chi connectivity index (χ0v) is 15.5. The van der Waals surface area contributed by atoms with Crippen molar-refractivity contribution in [1.82, 2.24) is 0 Å². The van der Waals surface area contributed by atoms with Gasteiger partial charge in [0.2, 0.25) is 0 Å². The molecule has 0 aromatic heterocycles. The van der Waals surface area contributed by atoms with Crippen LogP contribution in [-0.2, 0) is 0 Å². The molecule has 0 atom stereocenters. The van der Waals surface area contributed by atoms with Crippen LogP contribution in [0.3, 0.4) is 0 Å². The first-order valence-electron chi connectivity index (χ1n) is 9.43. The van der Waals surface area contributed by atoms with Gasteiger partial charge in [0.15, 0.2) is 5.75 Å². The summed E-state index contributed by atoms with van der Waals surface area (Å²) < 4.78 is 5.89. The number of unbranched alkanes of at least 4 members (excludes halogenated alkanes) is 9. The average Bonchev–Trinajstić information content (AvgIpc) is 2.59. The van der Waals surface area contributed by atoms with Crippen LogP contribution in [0.2, 0.25) is 0 Å². The van der Waals surface area contributed by atoms with Gasteiger partial charge in [-0.05, 0) is 31.0 Å². The molecule has 0 amide bonds. The molecule has 24 heavy (non-hydrogen) atoms. The molecule has 0 fully saturated rings. The Labute approximate surface area is 149 Å². The van der Waals surface area contributed by atoms with Crippen molar-refractivity contribution in [3.63, 3.8) is 0 Å². The van der Waals surface area contributed by atoms with E-state index >= 15 is 0 Å². The SMILES string of the molecule is C#Cc1cc(C)cc(C#C)c1OCCCCCCCCCCCC. The molecule has 130 valence electrons. The van der Waals surface area contributed by atoms with Gasteiger partial charge >= 0.3 is 0 Å². The molecule has 0 saturated carbocycles. The molecule has 0 bridgehead atoms. The smallest absolute Gasteiger partial charge is 0.150 e. The van der Waals surface area contributed by atoms with Crippen LogP contribution < -0.4 is 4.74 Å². The minimum absolute atomic E-state index is 0.683. The molecule has 0 N–H and O–H groups in total. The maximum atomic E-state index is 5.89. The largest absolute Gasteiger partial charge is 0.491 e. The molecule has 1 aromatic rings. The van der Waals surface area contributed by atoms with Crippen LogP contribution in [0, 0.1) is 31.6 Å². The predicted octanol–water partition coefficient (Wildman–Crippen LogP) is 6.26. The third-order valence-corrected chi connectivity index (χ3v) is 4.29. The third-order valence-electron chi connectivity index (χ3n) is 4.29. The fraction of sp³-hybridized carbons (Fsp3) is 0.565. The lowest BCUT2D eigenvalue weighted by Gasteiger charge is -2.12. The van der Waals surface area contributed by atoms with Gasteiger partial charge in [-0.2, -0.15) is 0 Å². The van der Waals surface area contributed by atoms with E-state index in [1.54, 1.807) is 0 Å². The van der Waals surface area contributed by atoms with Crippen LogP contribution in [0.15, 0.2) is 12.1 Å². The Kier molecular flexibility index (Phi) is 10.6. The van der Waals surface area contributed by atoms with E-state index in [1.165, 1.54) is 57.8 Å². The highest BCUT2D eigenvalue weighted by Crippen LogP contribution is 2.25. The lowest BCUT2D eigenvalue weighted by Crippen LogP contribution is -2.02. The van der Waals surface area contributed by atoms with E-state index in [2.05, 4.69) is 18.8 Å². The summed E-state index contributed by atoms with van der Waals surface area (Å²) in [7, 11) is 0. The van der Waals surface area contributed by atoms with E-state index in [9.17, 15) is 0 Å². The van der Waals surface area contributed by atoms with Crippen molar-refractivity contribution < 1.29 is 4.74 Å². The second-order valence-electron chi connectivity index (χ2n) is 6.51. The highest BCUT2D eigenvalue weighted by Gasteiger charge is 2.08. The molecule has 0 spiro atoms. The van der Waals surface area contributed by atoms with Crippen molar-refractivity contribution >= 4 is 0 Å². The molecule has 1 aromatic carbocycles. The van der Waals surface area contributed by atoms with Gasteiger partial charge in [0.25, 0.3) is 0 Å². The summed E-state index contributed by atoms with van der Waals surface area (Å²) in [6.07, 6.45) is 24.3. The Hall–Kier alpha value is -1.86. The highest BCUT2D eigenvalue weighted by atomic mass is 16.5. The molecular formula is C23H32O. The molecule has 1 nitrogen and oxygen atoms in total. The second-order valence-corrected chi connectivity index (χ2v) is 6.51. The van der Waals surface area contributed by atoms with E-state index in [1.807, 2.05) is 19.1 Å². The molecule has 1 rings (SSSR count). The number of terminal acetylenes is 2. The van der Waals surface area contributed by atoms with Crippen molar-refractivity contribution in [2.75, 3.05) is 6.61 Å². The summed E-state index contributed by atoms with van der Waals surface area (Å²) in [5.41, 5.74) is 2.59. The highest BCUT2D eigenvalue weighted by molar-refractivity contribution is 5.57. The summed E-state index contributed by atoms with van der Waals surface area (Å²) in [4.78, 5) is 0. The van der Waals surface area contributed by atoms with Crippen LogP contribution >= 0.6 is 0 Å². The van der Waals surface area contributed by atoms with Gasteiger partial charge in [0, 0.05) is 0 Å². The van der Waals surface area contributed by atoms with Gasteiger partial charge in [0.1, 0.15) is 0 Å². The Morgan fingerprint density at radius 1 is 0.792 bits per heavy atom. The van der Waals surface area contributed by atoms with Crippen molar-refractivity contribution in [2.24, 2.45) is 0 Å². The normalized spacial score (nSPS) is 10.2. The van der Waals surface area contributed by atoms with Crippen LogP contribution in [0.4, 0.5) is 0 Å². The van der Waals surface area contributed by atoms with E-state index in [0.29, 0.717) is 12.4 Å². The average molecular weight is 325 g/mol. The van der Waals surface area contributed by atoms with Gasteiger partial charge in [0.05, 0.1) is 17.7 Å². The Bertz CT molecular complexity index is 521. The van der Waals surface area contributed by atoms with Crippen LogP contribution in [0.5, 0.6) is 5.75 Å². The molecule has 0 aliphatic carbocycles. The molecule has 1 heteroatoms.